The molecule has 1 saturated carbocycles. The van der Waals surface area contributed by atoms with Gasteiger partial charge < -0.3 is 20.5 Å². The van der Waals surface area contributed by atoms with Crippen LogP contribution in [0.2, 0.25) is 0 Å². The van der Waals surface area contributed by atoms with E-state index in [0.29, 0.717) is 19.4 Å². The molecule has 2 aliphatic rings. The number of carboxylic acid groups (broad SMARTS) is 1. The van der Waals surface area contributed by atoms with Gasteiger partial charge >= 0.3 is 12.1 Å². The third-order valence-electron chi connectivity index (χ3n) is 6.37. The zero-order valence-electron chi connectivity index (χ0n) is 18.6. The molecule has 2 aliphatic carbocycles. The molecule has 0 spiro atoms. The van der Waals surface area contributed by atoms with Crippen LogP contribution in [0.25, 0.3) is 11.1 Å². The van der Waals surface area contributed by atoms with Crippen LogP contribution in [-0.4, -0.2) is 42.3 Å². The molecule has 1 unspecified atom stereocenters. The van der Waals surface area contributed by atoms with E-state index in [2.05, 4.69) is 34.9 Å². The first-order valence-corrected chi connectivity index (χ1v) is 11.7. The van der Waals surface area contributed by atoms with E-state index < -0.39 is 18.1 Å². The van der Waals surface area contributed by atoms with Crippen molar-refractivity contribution in [2.24, 2.45) is 5.92 Å². The molecule has 33 heavy (non-hydrogen) atoms. The van der Waals surface area contributed by atoms with Crippen molar-refractivity contribution < 1.29 is 24.2 Å². The molecule has 7 nitrogen and oxygen atoms in total. The Balaban J connectivity index is 1.13. The first-order chi connectivity index (χ1) is 16.0. The highest BCUT2D eigenvalue weighted by atomic mass is 16.5. The molecular weight excluding hydrogens is 420 g/mol. The van der Waals surface area contributed by atoms with Gasteiger partial charge in [-0.2, -0.15) is 0 Å². The Hall–Kier alpha value is -3.35. The van der Waals surface area contributed by atoms with Gasteiger partial charge in [0, 0.05) is 18.9 Å². The van der Waals surface area contributed by atoms with Crippen molar-refractivity contribution in [3.05, 3.63) is 59.7 Å². The van der Waals surface area contributed by atoms with Crippen molar-refractivity contribution >= 4 is 18.0 Å². The number of carbonyl (C=O) groups is 3. The minimum Gasteiger partial charge on any atom is -0.480 e. The Kier molecular flexibility index (Phi) is 7.27. The number of ether oxygens (including phenoxy) is 1. The van der Waals surface area contributed by atoms with Crippen LogP contribution >= 0.6 is 0 Å². The molecule has 2 aromatic carbocycles. The van der Waals surface area contributed by atoms with Gasteiger partial charge in [0.25, 0.3) is 0 Å². The smallest absolute Gasteiger partial charge is 0.407 e. The van der Waals surface area contributed by atoms with Crippen LogP contribution in [0, 0.1) is 5.92 Å². The van der Waals surface area contributed by atoms with E-state index in [9.17, 15) is 14.4 Å². The van der Waals surface area contributed by atoms with Crippen molar-refractivity contribution in [2.75, 3.05) is 13.2 Å². The highest BCUT2D eigenvalue weighted by molar-refractivity contribution is 5.84. The van der Waals surface area contributed by atoms with E-state index in [0.717, 1.165) is 25.7 Å². The number of carboxylic acids is 1. The summed E-state index contributed by atoms with van der Waals surface area (Å²) in [6, 6.07) is 15.7. The number of rotatable bonds is 11. The number of fused-ring (bicyclic) bond motifs is 3. The molecule has 1 atom stereocenters. The molecule has 0 saturated heterocycles. The largest absolute Gasteiger partial charge is 0.480 e. The average molecular weight is 451 g/mol. The van der Waals surface area contributed by atoms with Crippen molar-refractivity contribution in [1.82, 2.24) is 10.6 Å². The number of unbranched alkanes of at least 4 members (excludes halogenated alkanes) is 2. The van der Waals surface area contributed by atoms with Crippen LogP contribution in [0.5, 0.6) is 0 Å². The predicted octanol–water partition coefficient (Wildman–Crippen LogP) is 4.06. The van der Waals surface area contributed by atoms with Gasteiger partial charge in [0.05, 0.1) is 0 Å². The minimum absolute atomic E-state index is 0.0342. The summed E-state index contributed by atoms with van der Waals surface area (Å²) in [4.78, 5) is 35.3. The number of carbonyl (C=O) groups excluding carboxylic acids is 2. The van der Waals surface area contributed by atoms with Crippen LogP contribution in [-0.2, 0) is 14.3 Å². The van der Waals surface area contributed by atoms with E-state index in [1.54, 1.807) is 0 Å². The van der Waals surface area contributed by atoms with Gasteiger partial charge in [0.2, 0.25) is 5.91 Å². The third-order valence-corrected chi connectivity index (χ3v) is 6.37. The van der Waals surface area contributed by atoms with E-state index in [1.165, 1.54) is 22.3 Å². The SMILES string of the molecule is O=C(CCCCCNC(=O)OCC1c2ccccc2-c2ccccc21)NC(C(=O)O)C1CC1. The Labute approximate surface area is 193 Å². The van der Waals surface area contributed by atoms with Crippen molar-refractivity contribution in [3.63, 3.8) is 0 Å². The number of benzene rings is 2. The lowest BCUT2D eigenvalue weighted by atomic mass is 9.98. The molecule has 2 aromatic rings. The zero-order chi connectivity index (χ0) is 23.2. The highest BCUT2D eigenvalue weighted by Crippen LogP contribution is 2.44. The Morgan fingerprint density at radius 1 is 0.939 bits per heavy atom. The Morgan fingerprint density at radius 2 is 1.58 bits per heavy atom. The lowest BCUT2D eigenvalue weighted by Gasteiger charge is -2.14. The van der Waals surface area contributed by atoms with Crippen LogP contribution in [0.4, 0.5) is 4.79 Å². The maximum absolute atomic E-state index is 12.2. The molecule has 0 heterocycles. The molecule has 1 fully saturated rings. The molecule has 3 N–H and O–H groups in total. The van der Waals surface area contributed by atoms with E-state index >= 15 is 0 Å². The fourth-order valence-corrected chi connectivity index (χ4v) is 4.48. The van der Waals surface area contributed by atoms with E-state index in [4.69, 9.17) is 9.84 Å². The summed E-state index contributed by atoms with van der Waals surface area (Å²) < 4.78 is 5.51. The fourth-order valence-electron chi connectivity index (χ4n) is 4.48. The molecule has 0 bridgehead atoms. The van der Waals surface area contributed by atoms with Crippen LogP contribution < -0.4 is 10.6 Å². The Bertz CT molecular complexity index is 972. The summed E-state index contributed by atoms with van der Waals surface area (Å²) in [5.74, 6) is -1.07. The number of hydrogen-bond acceptors (Lipinski definition) is 4. The van der Waals surface area contributed by atoms with Crippen LogP contribution in [0.1, 0.15) is 55.6 Å². The molecule has 2 amide bonds. The number of amides is 2. The van der Waals surface area contributed by atoms with Gasteiger partial charge in [0.1, 0.15) is 12.6 Å². The van der Waals surface area contributed by atoms with Gasteiger partial charge in [-0.1, -0.05) is 55.0 Å². The molecule has 0 aromatic heterocycles. The van der Waals surface area contributed by atoms with E-state index in [-0.39, 0.29) is 24.3 Å². The molecular formula is C26H30N2O5. The first kappa shape index (κ1) is 22.8. The molecule has 4 rings (SSSR count). The van der Waals surface area contributed by atoms with Gasteiger partial charge in [-0.05, 0) is 53.9 Å². The highest BCUT2D eigenvalue weighted by Gasteiger charge is 2.37. The maximum Gasteiger partial charge on any atom is 0.407 e. The van der Waals surface area contributed by atoms with Gasteiger partial charge in [-0.15, -0.1) is 0 Å². The second kappa shape index (κ2) is 10.5. The lowest BCUT2D eigenvalue weighted by Crippen LogP contribution is -2.42. The monoisotopic (exact) mass is 450 g/mol. The van der Waals surface area contributed by atoms with Gasteiger partial charge in [0.15, 0.2) is 0 Å². The molecule has 0 aliphatic heterocycles. The third kappa shape index (κ3) is 5.72. The topological polar surface area (TPSA) is 105 Å². The van der Waals surface area contributed by atoms with E-state index in [1.807, 2.05) is 24.3 Å². The Morgan fingerprint density at radius 3 is 2.18 bits per heavy atom. The average Bonchev–Trinajstić information content (AvgIpc) is 3.60. The summed E-state index contributed by atoms with van der Waals surface area (Å²) in [6.07, 6.45) is 3.71. The number of hydrogen-bond donors (Lipinski definition) is 3. The normalized spacial score (nSPS) is 15.3. The van der Waals surface area contributed by atoms with Crippen molar-refractivity contribution in [1.29, 1.82) is 0 Å². The fraction of sp³-hybridized carbons (Fsp3) is 0.423. The maximum atomic E-state index is 12.2. The lowest BCUT2D eigenvalue weighted by molar-refractivity contribution is -0.142. The quantitative estimate of drug-likeness (QED) is 0.448. The van der Waals surface area contributed by atoms with Crippen LogP contribution in [0.15, 0.2) is 48.5 Å². The van der Waals surface area contributed by atoms with Crippen LogP contribution in [0.3, 0.4) is 0 Å². The van der Waals surface area contributed by atoms with Gasteiger partial charge in [-0.3, -0.25) is 4.79 Å². The second-order valence-electron chi connectivity index (χ2n) is 8.78. The predicted molar refractivity (Wildman–Crippen MR) is 124 cm³/mol. The molecule has 174 valence electrons. The summed E-state index contributed by atoms with van der Waals surface area (Å²) in [7, 11) is 0. The number of nitrogens with one attached hydrogen (secondary N) is 2. The summed E-state index contributed by atoms with van der Waals surface area (Å²) >= 11 is 0. The van der Waals surface area contributed by atoms with Crippen molar-refractivity contribution in [3.8, 4) is 11.1 Å². The summed E-state index contributed by atoms with van der Waals surface area (Å²) in [6.45, 7) is 0.754. The summed E-state index contributed by atoms with van der Waals surface area (Å²) in [5, 5.41) is 14.6. The second-order valence-corrected chi connectivity index (χ2v) is 8.78. The standard InChI is InChI=1S/C26H30N2O5/c29-23(28-24(25(30)31)17-13-14-17)12-2-1-7-15-27-26(32)33-16-22-20-10-5-3-8-18(20)19-9-4-6-11-21(19)22/h3-6,8-11,17,22,24H,1-2,7,12-16H2,(H,27,32)(H,28,29)(H,30,31). The van der Waals surface area contributed by atoms with Crippen molar-refractivity contribution in [2.45, 2.75) is 50.5 Å². The number of alkyl carbamates (subject to hydrolysis) is 1. The van der Waals surface area contributed by atoms with Gasteiger partial charge in [-0.25, -0.2) is 9.59 Å². The minimum atomic E-state index is -0.960. The summed E-state index contributed by atoms with van der Waals surface area (Å²) in [5.41, 5.74) is 4.74. The first-order valence-electron chi connectivity index (χ1n) is 11.7. The molecule has 7 heteroatoms. The molecule has 0 radical (unpaired) electrons. The number of aliphatic carboxylic acids is 1. The zero-order valence-corrected chi connectivity index (χ0v) is 18.6.